The molecule has 1 aliphatic rings. The lowest BCUT2D eigenvalue weighted by Crippen LogP contribution is -3.14. The largest absolute Gasteiger partial charge is 0.486 e. The van der Waals surface area contributed by atoms with Crippen LogP contribution in [0.5, 0.6) is 11.5 Å². The van der Waals surface area contributed by atoms with E-state index >= 15 is 0 Å². The third-order valence-electron chi connectivity index (χ3n) is 3.60. The van der Waals surface area contributed by atoms with Crippen LogP contribution in [0.15, 0.2) is 18.2 Å². The number of fused-ring (bicyclic) bond motifs is 1. The van der Waals surface area contributed by atoms with Gasteiger partial charge in [-0.25, -0.2) is 0 Å². The van der Waals surface area contributed by atoms with Crippen molar-refractivity contribution in [2.75, 3.05) is 38.2 Å². The first-order chi connectivity index (χ1) is 11.5. The van der Waals surface area contributed by atoms with Crippen molar-refractivity contribution in [1.29, 1.82) is 0 Å². The van der Waals surface area contributed by atoms with Gasteiger partial charge in [-0.2, -0.15) is 0 Å². The summed E-state index contributed by atoms with van der Waals surface area (Å²) >= 11 is 0. The molecule has 0 bridgehead atoms. The molecule has 0 spiro atoms. The molecule has 1 atom stereocenters. The van der Waals surface area contributed by atoms with Gasteiger partial charge in [0.1, 0.15) is 13.2 Å². The molecular formula is C17H26N3O4+. The summed E-state index contributed by atoms with van der Waals surface area (Å²) in [6, 6.07) is 5.42. The zero-order chi connectivity index (χ0) is 17.5. The Balaban J connectivity index is 1.88. The van der Waals surface area contributed by atoms with Gasteiger partial charge in [0.15, 0.2) is 24.6 Å². The molecule has 1 aromatic carbocycles. The molecule has 1 aromatic rings. The van der Waals surface area contributed by atoms with E-state index in [1.54, 1.807) is 18.2 Å². The average Bonchev–Trinajstić information content (AvgIpc) is 2.53. The molecule has 0 radical (unpaired) electrons. The molecule has 2 rings (SSSR count). The van der Waals surface area contributed by atoms with Crippen LogP contribution in [0.25, 0.3) is 0 Å². The number of nitrogens with one attached hydrogen (secondary N) is 3. The van der Waals surface area contributed by atoms with Crippen molar-refractivity contribution in [1.82, 2.24) is 5.32 Å². The van der Waals surface area contributed by atoms with Crippen LogP contribution in [0, 0.1) is 0 Å². The number of rotatable bonds is 7. The molecule has 0 saturated heterocycles. The molecule has 1 heterocycles. The maximum absolute atomic E-state index is 12.2. The Morgan fingerprint density at radius 3 is 2.46 bits per heavy atom. The first kappa shape index (κ1) is 18.1. The predicted octanol–water partition coefficient (Wildman–Crippen LogP) is -0.174. The minimum atomic E-state index is -0.138. The van der Waals surface area contributed by atoms with Gasteiger partial charge in [-0.15, -0.1) is 0 Å². The summed E-state index contributed by atoms with van der Waals surface area (Å²) in [4.78, 5) is 25.0. The van der Waals surface area contributed by atoms with Gasteiger partial charge in [0.25, 0.3) is 11.8 Å². The number of ether oxygens (including phenoxy) is 2. The van der Waals surface area contributed by atoms with E-state index in [-0.39, 0.29) is 30.9 Å². The fourth-order valence-electron chi connectivity index (χ4n) is 2.47. The summed E-state index contributed by atoms with van der Waals surface area (Å²) in [6.07, 6.45) is 0. The summed E-state index contributed by atoms with van der Waals surface area (Å²) < 4.78 is 11.0. The van der Waals surface area contributed by atoms with Crippen molar-refractivity contribution in [3.8, 4) is 11.5 Å². The fraction of sp³-hybridized carbons (Fsp3) is 0.529. The van der Waals surface area contributed by atoms with Crippen molar-refractivity contribution in [2.45, 2.75) is 26.8 Å². The quantitative estimate of drug-likeness (QED) is 0.646. The Morgan fingerprint density at radius 1 is 1.12 bits per heavy atom. The molecule has 7 nitrogen and oxygen atoms in total. The van der Waals surface area contributed by atoms with E-state index in [1.165, 1.54) is 0 Å². The van der Waals surface area contributed by atoms with Gasteiger partial charge in [-0.3, -0.25) is 9.59 Å². The van der Waals surface area contributed by atoms with E-state index in [2.05, 4.69) is 10.6 Å². The van der Waals surface area contributed by atoms with E-state index in [0.29, 0.717) is 36.9 Å². The van der Waals surface area contributed by atoms with Crippen molar-refractivity contribution in [3.63, 3.8) is 0 Å². The number of anilines is 1. The highest BCUT2D eigenvalue weighted by atomic mass is 16.6. The molecule has 0 fully saturated rings. The van der Waals surface area contributed by atoms with E-state index < -0.39 is 0 Å². The summed E-state index contributed by atoms with van der Waals surface area (Å²) in [5, 5.41) is 5.69. The molecule has 24 heavy (non-hydrogen) atoms. The predicted molar refractivity (Wildman–Crippen MR) is 90.6 cm³/mol. The highest BCUT2D eigenvalue weighted by Gasteiger charge is 2.18. The van der Waals surface area contributed by atoms with E-state index in [1.807, 2.05) is 20.8 Å². The second-order valence-electron chi connectivity index (χ2n) is 6.09. The van der Waals surface area contributed by atoms with Crippen LogP contribution >= 0.6 is 0 Å². The van der Waals surface area contributed by atoms with Crippen LogP contribution in [-0.4, -0.2) is 50.7 Å². The molecular weight excluding hydrogens is 310 g/mol. The Hall–Kier alpha value is -2.28. The lowest BCUT2D eigenvalue weighted by molar-refractivity contribution is -0.881. The Bertz CT molecular complexity index is 589. The van der Waals surface area contributed by atoms with Crippen molar-refractivity contribution in [2.24, 2.45) is 0 Å². The minimum Gasteiger partial charge on any atom is -0.486 e. The minimum absolute atomic E-state index is 0.0472. The third-order valence-corrected chi connectivity index (χ3v) is 3.60. The number of likely N-dealkylation sites (N-methyl/N-ethyl adjacent to an activating group) is 1. The Labute approximate surface area is 142 Å². The number of hydrogen-bond donors (Lipinski definition) is 3. The number of quaternary nitrogens is 1. The van der Waals surface area contributed by atoms with Crippen LogP contribution < -0.4 is 25.0 Å². The van der Waals surface area contributed by atoms with Crippen molar-refractivity contribution < 1.29 is 24.0 Å². The summed E-state index contributed by atoms with van der Waals surface area (Å²) in [5.74, 6) is 1.13. The number of amides is 2. The SMILES string of the molecule is CC[NH+](CC(=O)Nc1ccc2c(c1)OCCO2)CC(=O)NC(C)C. The normalized spacial score (nSPS) is 14.2. The van der Waals surface area contributed by atoms with Gasteiger partial charge < -0.3 is 25.0 Å². The number of carbonyl (C=O) groups excluding carboxylic acids is 2. The van der Waals surface area contributed by atoms with Crippen molar-refractivity contribution in [3.05, 3.63) is 18.2 Å². The standard InChI is InChI=1S/C17H25N3O4/c1-4-20(10-16(21)18-12(2)3)11-17(22)19-13-5-6-14-15(9-13)24-8-7-23-14/h5-6,9,12H,4,7-8,10-11H2,1-3H3,(H,18,21)(H,19,22)/p+1. The van der Waals surface area contributed by atoms with E-state index in [4.69, 9.17) is 9.47 Å². The van der Waals surface area contributed by atoms with Crippen LogP contribution in [0.3, 0.4) is 0 Å². The van der Waals surface area contributed by atoms with Crippen LogP contribution in [-0.2, 0) is 9.59 Å². The third kappa shape index (κ3) is 5.42. The van der Waals surface area contributed by atoms with Gasteiger partial charge in [-0.1, -0.05) is 0 Å². The van der Waals surface area contributed by atoms with Crippen LogP contribution in [0.4, 0.5) is 5.69 Å². The first-order valence-corrected chi connectivity index (χ1v) is 8.30. The zero-order valence-corrected chi connectivity index (χ0v) is 14.5. The molecule has 0 aliphatic carbocycles. The van der Waals surface area contributed by atoms with Crippen molar-refractivity contribution >= 4 is 17.5 Å². The Morgan fingerprint density at radius 2 is 1.79 bits per heavy atom. The summed E-state index contributed by atoms with van der Waals surface area (Å²) in [7, 11) is 0. The highest BCUT2D eigenvalue weighted by molar-refractivity contribution is 5.92. The fourth-order valence-corrected chi connectivity index (χ4v) is 2.47. The smallest absolute Gasteiger partial charge is 0.279 e. The summed E-state index contributed by atoms with van der Waals surface area (Å²) in [5.41, 5.74) is 0.659. The Kier molecular flexibility index (Phi) is 6.43. The van der Waals surface area contributed by atoms with Gasteiger partial charge in [0.2, 0.25) is 0 Å². The molecule has 0 aromatic heterocycles. The molecule has 1 aliphatic heterocycles. The van der Waals surface area contributed by atoms with Crippen LogP contribution in [0.2, 0.25) is 0 Å². The number of hydrogen-bond acceptors (Lipinski definition) is 4. The van der Waals surface area contributed by atoms with E-state index in [0.717, 1.165) is 4.90 Å². The number of benzene rings is 1. The molecule has 7 heteroatoms. The second-order valence-corrected chi connectivity index (χ2v) is 6.09. The summed E-state index contributed by atoms with van der Waals surface area (Å²) in [6.45, 7) is 8.03. The van der Waals surface area contributed by atoms with Gasteiger partial charge in [0.05, 0.1) is 6.54 Å². The lowest BCUT2D eigenvalue weighted by Gasteiger charge is -2.20. The molecule has 0 saturated carbocycles. The van der Waals surface area contributed by atoms with Crippen LogP contribution in [0.1, 0.15) is 20.8 Å². The van der Waals surface area contributed by atoms with Gasteiger partial charge >= 0.3 is 0 Å². The highest BCUT2D eigenvalue weighted by Crippen LogP contribution is 2.32. The van der Waals surface area contributed by atoms with E-state index in [9.17, 15) is 9.59 Å². The zero-order valence-electron chi connectivity index (χ0n) is 14.5. The molecule has 3 N–H and O–H groups in total. The average molecular weight is 336 g/mol. The molecule has 2 amide bonds. The molecule has 1 unspecified atom stereocenters. The lowest BCUT2D eigenvalue weighted by atomic mass is 10.2. The topological polar surface area (TPSA) is 81.1 Å². The molecule has 132 valence electrons. The maximum Gasteiger partial charge on any atom is 0.279 e. The second kappa shape index (κ2) is 8.54. The maximum atomic E-state index is 12.2. The number of carbonyl (C=O) groups is 2. The van der Waals surface area contributed by atoms with Gasteiger partial charge in [-0.05, 0) is 32.9 Å². The van der Waals surface area contributed by atoms with Gasteiger partial charge in [0, 0.05) is 17.8 Å². The monoisotopic (exact) mass is 336 g/mol. The first-order valence-electron chi connectivity index (χ1n) is 8.30.